The molecule has 3 aromatic carbocycles. The van der Waals surface area contributed by atoms with Crippen LogP contribution in [0.25, 0.3) is 0 Å². The fourth-order valence-corrected chi connectivity index (χ4v) is 5.25. The standard InChI is InChI=1S/C27H28N2O2S/c1-18-9-10-19(2)24(15-18)20(3)28-26(31)22-11-13-23(14-12-22)27-29(25(30)17-32-27)16-21-7-5-4-6-8-21/h4-15,20,27H,16-17H2,1-3H3,(H,28,31)/t20-,27-/m1/s1. The Bertz CT molecular complexity index is 1110. The summed E-state index contributed by atoms with van der Waals surface area (Å²) in [4.78, 5) is 27.2. The van der Waals surface area contributed by atoms with Gasteiger partial charge in [-0.3, -0.25) is 9.59 Å². The summed E-state index contributed by atoms with van der Waals surface area (Å²) >= 11 is 1.63. The average molecular weight is 445 g/mol. The molecule has 32 heavy (non-hydrogen) atoms. The van der Waals surface area contributed by atoms with E-state index in [0.717, 1.165) is 16.7 Å². The smallest absolute Gasteiger partial charge is 0.251 e. The van der Waals surface area contributed by atoms with E-state index in [2.05, 4.69) is 37.4 Å². The molecule has 1 aliphatic rings. The number of amides is 2. The molecule has 164 valence electrons. The van der Waals surface area contributed by atoms with Crippen LogP contribution >= 0.6 is 11.8 Å². The van der Waals surface area contributed by atoms with Crippen LogP contribution in [-0.2, 0) is 11.3 Å². The summed E-state index contributed by atoms with van der Waals surface area (Å²) in [6, 6.07) is 23.9. The zero-order valence-electron chi connectivity index (χ0n) is 18.7. The van der Waals surface area contributed by atoms with Crippen molar-refractivity contribution in [3.63, 3.8) is 0 Å². The highest BCUT2D eigenvalue weighted by molar-refractivity contribution is 8.00. The van der Waals surface area contributed by atoms with E-state index >= 15 is 0 Å². The third kappa shape index (κ3) is 4.89. The molecule has 1 fully saturated rings. The number of carbonyl (C=O) groups excluding carboxylic acids is 2. The molecule has 3 aromatic rings. The first-order valence-corrected chi connectivity index (χ1v) is 11.9. The molecule has 2 amide bonds. The molecule has 0 aliphatic carbocycles. The van der Waals surface area contributed by atoms with Crippen molar-refractivity contribution in [2.75, 3.05) is 5.75 Å². The SMILES string of the molecule is Cc1ccc(C)c([C@@H](C)NC(=O)c2ccc([C@H]3SCC(=O)N3Cc3ccccc3)cc2)c1. The van der Waals surface area contributed by atoms with Crippen molar-refractivity contribution in [2.24, 2.45) is 0 Å². The van der Waals surface area contributed by atoms with Crippen molar-refractivity contribution < 1.29 is 9.59 Å². The zero-order chi connectivity index (χ0) is 22.7. The van der Waals surface area contributed by atoms with Crippen LogP contribution in [-0.4, -0.2) is 22.5 Å². The predicted octanol–water partition coefficient (Wildman–Crippen LogP) is 5.57. The van der Waals surface area contributed by atoms with Gasteiger partial charge in [-0.05, 0) is 55.2 Å². The second kappa shape index (κ2) is 9.61. The first-order chi connectivity index (χ1) is 15.4. The molecule has 4 nitrogen and oxygen atoms in total. The maximum Gasteiger partial charge on any atom is 0.251 e. The molecule has 1 saturated heterocycles. The maximum atomic E-state index is 12.8. The Hall–Kier alpha value is -3.05. The van der Waals surface area contributed by atoms with Gasteiger partial charge in [0.05, 0.1) is 11.8 Å². The predicted molar refractivity (Wildman–Crippen MR) is 130 cm³/mol. The van der Waals surface area contributed by atoms with E-state index in [1.165, 1.54) is 11.1 Å². The van der Waals surface area contributed by atoms with Gasteiger partial charge in [0.25, 0.3) is 5.91 Å². The van der Waals surface area contributed by atoms with Gasteiger partial charge < -0.3 is 10.2 Å². The maximum absolute atomic E-state index is 12.8. The van der Waals surface area contributed by atoms with Crippen LogP contribution in [0.2, 0.25) is 0 Å². The number of hydrogen-bond acceptors (Lipinski definition) is 3. The molecule has 1 heterocycles. The van der Waals surface area contributed by atoms with Crippen LogP contribution in [0.3, 0.4) is 0 Å². The number of carbonyl (C=O) groups is 2. The monoisotopic (exact) mass is 444 g/mol. The number of aryl methyl sites for hydroxylation is 2. The molecule has 4 rings (SSSR count). The summed E-state index contributed by atoms with van der Waals surface area (Å²) in [5, 5.41) is 3.08. The molecule has 0 radical (unpaired) electrons. The summed E-state index contributed by atoms with van der Waals surface area (Å²) in [5.41, 5.74) is 6.25. The topological polar surface area (TPSA) is 49.4 Å². The average Bonchev–Trinajstić information content (AvgIpc) is 3.16. The van der Waals surface area contributed by atoms with Crippen LogP contribution < -0.4 is 5.32 Å². The molecule has 0 aromatic heterocycles. The van der Waals surface area contributed by atoms with Gasteiger partial charge in [0, 0.05) is 12.1 Å². The van der Waals surface area contributed by atoms with Gasteiger partial charge >= 0.3 is 0 Å². The number of nitrogens with one attached hydrogen (secondary N) is 1. The van der Waals surface area contributed by atoms with Gasteiger partial charge in [-0.25, -0.2) is 0 Å². The zero-order valence-corrected chi connectivity index (χ0v) is 19.5. The molecular formula is C27H28N2O2S. The minimum Gasteiger partial charge on any atom is -0.346 e. The highest BCUT2D eigenvalue weighted by Gasteiger charge is 2.32. The van der Waals surface area contributed by atoms with E-state index in [9.17, 15) is 9.59 Å². The van der Waals surface area contributed by atoms with Crippen LogP contribution in [0.5, 0.6) is 0 Å². The van der Waals surface area contributed by atoms with Crippen molar-refractivity contribution in [1.82, 2.24) is 10.2 Å². The van der Waals surface area contributed by atoms with Gasteiger partial charge in [-0.2, -0.15) is 0 Å². The van der Waals surface area contributed by atoms with Crippen LogP contribution in [0, 0.1) is 13.8 Å². The van der Waals surface area contributed by atoms with Crippen molar-refractivity contribution >= 4 is 23.6 Å². The largest absolute Gasteiger partial charge is 0.346 e. The minimum absolute atomic E-state index is 0.0336. The van der Waals surface area contributed by atoms with E-state index in [1.807, 2.05) is 66.4 Å². The van der Waals surface area contributed by atoms with Gasteiger partial charge in [0.1, 0.15) is 5.37 Å². The van der Waals surface area contributed by atoms with Gasteiger partial charge in [0.2, 0.25) is 5.91 Å². The summed E-state index contributed by atoms with van der Waals surface area (Å²) in [6.07, 6.45) is 0. The number of benzene rings is 3. The number of thioether (sulfide) groups is 1. The third-order valence-corrected chi connectivity index (χ3v) is 7.13. The van der Waals surface area contributed by atoms with Crippen molar-refractivity contribution in [3.8, 4) is 0 Å². The highest BCUT2D eigenvalue weighted by Crippen LogP contribution is 2.39. The van der Waals surface area contributed by atoms with Gasteiger partial charge in [-0.15, -0.1) is 11.8 Å². The van der Waals surface area contributed by atoms with Crippen LogP contribution in [0.15, 0.2) is 72.8 Å². The second-order valence-electron chi connectivity index (χ2n) is 8.35. The third-order valence-electron chi connectivity index (χ3n) is 5.87. The van der Waals surface area contributed by atoms with E-state index in [1.54, 1.807) is 11.8 Å². The lowest BCUT2D eigenvalue weighted by atomic mass is 9.99. The highest BCUT2D eigenvalue weighted by atomic mass is 32.2. The second-order valence-corrected chi connectivity index (χ2v) is 9.42. The Morgan fingerprint density at radius 1 is 1.06 bits per heavy atom. The Kier molecular flexibility index (Phi) is 6.66. The van der Waals surface area contributed by atoms with E-state index < -0.39 is 0 Å². The minimum atomic E-state index is -0.0961. The number of hydrogen-bond donors (Lipinski definition) is 1. The van der Waals surface area contributed by atoms with E-state index in [-0.39, 0.29) is 23.2 Å². The molecule has 1 aliphatic heterocycles. The summed E-state index contributed by atoms with van der Waals surface area (Å²) < 4.78 is 0. The quantitative estimate of drug-likeness (QED) is 0.541. The first-order valence-electron chi connectivity index (χ1n) is 10.9. The molecule has 0 saturated carbocycles. The Balaban J connectivity index is 1.45. The van der Waals surface area contributed by atoms with E-state index in [4.69, 9.17) is 0 Å². The fraction of sp³-hybridized carbons (Fsp3) is 0.259. The number of rotatable bonds is 6. The molecule has 0 spiro atoms. The van der Waals surface area contributed by atoms with Crippen molar-refractivity contribution in [2.45, 2.75) is 38.7 Å². The molecule has 1 N–H and O–H groups in total. The lowest BCUT2D eigenvalue weighted by Crippen LogP contribution is -2.28. The Morgan fingerprint density at radius 2 is 1.78 bits per heavy atom. The fourth-order valence-electron chi connectivity index (χ4n) is 4.06. The summed E-state index contributed by atoms with van der Waals surface area (Å²) in [7, 11) is 0. The van der Waals surface area contributed by atoms with Crippen LogP contribution in [0.4, 0.5) is 0 Å². The molecule has 0 unspecified atom stereocenters. The van der Waals surface area contributed by atoms with E-state index in [0.29, 0.717) is 17.9 Å². The van der Waals surface area contributed by atoms with Crippen molar-refractivity contribution in [1.29, 1.82) is 0 Å². The molecule has 0 bridgehead atoms. The summed E-state index contributed by atoms with van der Waals surface area (Å²) in [5.74, 6) is 0.530. The van der Waals surface area contributed by atoms with Gasteiger partial charge in [0.15, 0.2) is 0 Å². The number of nitrogens with zero attached hydrogens (tertiary/aromatic N) is 1. The molecule has 5 heteroatoms. The molecule has 2 atom stereocenters. The first kappa shape index (κ1) is 22.2. The lowest BCUT2D eigenvalue weighted by Gasteiger charge is -2.24. The normalized spacial score (nSPS) is 16.8. The van der Waals surface area contributed by atoms with Crippen molar-refractivity contribution in [3.05, 3.63) is 106 Å². The molecular weight excluding hydrogens is 416 g/mol. The Morgan fingerprint density at radius 3 is 2.50 bits per heavy atom. The summed E-state index contributed by atoms with van der Waals surface area (Å²) in [6.45, 7) is 6.72. The Labute approximate surface area is 194 Å². The van der Waals surface area contributed by atoms with Gasteiger partial charge in [-0.1, -0.05) is 66.2 Å². The van der Waals surface area contributed by atoms with Crippen LogP contribution in [0.1, 0.15) is 56.5 Å². The lowest BCUT2D eigenvalue weighted by molar-refractivity contribution is -0.128.